The summed E-state index contributed by atoms with van der Waals surface area (Å²) in [7, 11) is -3.32. The summed E-state index contributed by atoms with van der Waals surface area (Å²) in [6.45, 7) is 1.75. The van der Waals surface area contributed by atoms with Gasteiger partial charge < -0.3 is 14.8 Å². The first-order valence-corrected chi connectivity index (χ1v) is 9.53. The molecule has 0 spiro atoms. The SMILES string of the molecule is O=C(Nc1ccc(S(=O)(=O)C[C@@H]2CCOC2)cc1)[C@H]1CCCO1. The van der Waals surface area contributed by atoms with Crippen LogP contribution >= 0.6 is 0 Å². The number of carbonyl (C=O) groups excluding carboxylic acids is 1. The highest BCUT2D eigenvalue weighted by atomic mass is 32.2. The highest BCUT2D eigenvalue weighted by molar-refractivity contribution is 7.91. The summed E-state index contributed by atoms with van der Waals surface area (Å²) in [4.78, 5) is 12.2. The van der Waals surface area contributed by atoms with Crippen molar-refractivity contribution in [2.75, 3.05) is 30.9 Å². The molecule has 1 aromatic carbocycles. The van der Waals surface area contributed by atoms with Crippen LogP contribution in [0.4, 0.5) is 5.69 Å². The van der Waals surface area contributed by atoms with Gasteiger partial charge in [-0.3, -0.25) is 4.79 Å². The molecule has 2 atom stereocenters. The van der Waals surface area contributed by atoms with Crippen LogP contribution in [0.1, 0.15) is 19.3 Å². The average molecular weight is 339 g/mol. The molecular weight excluding hydrogens is 318 g/mol. The predicted molar refractivity (Wildman–Crippen MR) is 85.0 cm³/mol. The Morgan fingerprint density at radius 2 is 1.96 bits per heavy atom. The number of carbonyl (C=O) groups is 1. The number of amides is 1. The smallest absolute Gasteiger partial charge is 0.253 e. The predicted octanol–water partition coefficient (Wildman–Crippen LogP) is 1.61. The van der Waals surface area contributed by atoms with Gasteiger partial charge >= 0.3 is 0 Å². The van der Waals surface area contributed by atoms with Gasteiger partial charge in [-0.2, -0.15) is 0 Å². The number of ether oxygens (including phenoxy) is 2. The summed E-state index contributed by atoms with van der Waals surface area (Å²) in [5, 5.41) is 2.76. The van der Waals surface area contributed by atoms with Crippen molar-refractivity contribution in [1.29, 1.82) is 0 Å². The molecule has 2 heterocycles. The molecule has 2 fully saturated rings. The van der Waals surface area contributed by atoms with Crippen LogP contribution in [0.25, 0.3) is 0 Å². The molecule has 2 aliphatic heterocycles. The van der Waals surface area contributed by atoms with E-state index in [1.165, 1.54) is 12.1 Å². The first-order valence-electron chi connectivity index (χ1n) is 7.88. The lowest BCUT2D eigenvalue weighted by Gasteiger charge is -2.12. The highest BCUT2D eigenvalue weighted by Gasteiger charge is 2.25. The van der Waals surface area contributed by atoms with E-state index >= 15 is 0 Å². The minimum absolute atomic E-state index is 0.0684. The van der Waals surface area contributed by atoms with Crippen LogP contribution in [-0.2, 0) is 24.1 Å². The van der Waals surface area contributed by atoms with Crippen molar-refractivity contribution in [3.63, 3.8) is 0 Å². The fraction of sp³-hybridized carbons (Fsp3) is 0.562. The third-order valence-corrected chi connectivity index (χ3v) is 6.08. The normalized spacial score (nSPS) is 24.7. The third-order valence-electron chi connectivity index (χ3n) is 4.18. The lowest BCUT2D eigenvalue weighted by Crippen LogP contribution is -2.26. The summed E-state index contributed by atoms with van der Waals surface area (Å²) in [6.07, 6.45) is 2.00. The Hall–Kier alpha value is -1.44. The zero-order chi connectivity index (χ0) is 16.3. The van der Waals surface area contributed by atoms with Crippen molar-refractivity contribution >= 4 is 21.4 Å². The van der Waals surface area contributed by atoms with Crippen LogP contribution in [-0.4, -0.2) is 46.0 Å². The van der Waals surface area contributed by atoms with Gasteiger partial charge in [-0.15, -0.1) is 0 Å². The molecule has 1 N–H and O–H groups in total. The summed E-state index contributed by atoms with van der Waals surface area (Å²) < 4.78 is 35.3. The van der Waals surface area contributed by atoms with Crippen LogP contribution < -0.4 is 5.32 Å². The third kappa shape index (κ3) is 4.10. The summed E-state index contributed by atoms with van der Waals surface area (Å²) in [5.41, 5.74) is 0.577. The Labute approximate surface area is 136 Å². The maximum absolute atomic E-state index is 12.4. The molecule has 23 heavy (non-hydrogen) atoms. The molecule has 126 valence electrons. The van der Waals surface area contributed by atoms with E-state index in [-0.39, 0.29) is 22.5 Å². The Morgan fingerprint density at radius 3 is 2.57 bits per heavy atom. The lowest BCUT2D eigenvalue weighted by atomic mass is 10.2. The summed E-state index contributed by atoms with van der Waals surface area (Å²) >= 11 is 0. The quantitative estimate of drug-likeness (QED) is 0.881. The van der Waals surface area contributed by atoms with Gasteiger partial charge in [0.2, 0.25) is 0 Å². The molecule has 0 bridgehead atoms. The number of hydrogen-bond acceptors (Lipinski definition) is 5. The van der Waals surface area contributed by atoms with E-state index < -0.39 is 15.9 Å². The number of anilines is 1. The second-order valence-electron chi connectivity index (χ2n) is 6.03. The van der Waals surface area contributed by atoms with Crippen LogP contribution in [0, 0.1) is 5.92 Å². The Bertz CT molecular complexity index is 644. The van der Waals surface area contributed by atoms with Crippen molar-refractivity contribution in [1.82, 2.24) is 0 Å². The second kappa shape index (κ2) is 6.98. The van der Waals surface area contributed by atoms with E-state index in [2.05, 4.69) is 5.32 Å². The first kappa shape index (κ1) is 16.4. The van der Waals surface area contributed by atoms with Gasteiger partial charge in [0.05, 0.1) is 17.3 Å². The van der Waals surface area contributed by atoms with Gasteiger partial charge in [0.1, 0.15) is 6.10 Å². The number of benzene rings is 1. The Morgan fingerprint density at radius 1 is 1.17 bits per heavy atom. The highest BCUT2D eigenvalue weighted by Crippen LogP contribution is 2.22. The van der Waals surface area contributed by atoms with E-state index in [4.69, 9.17) is 9.47 Å². The molecule has 6 nitrogen and oxygen atoms in total. The van der Waals surface area contributed by atoms with E-state index in [0.717, 1.165) is 19.3 Å². The molecule has 3 rings (SSSR count). The van der Waals surface area contributed by atoms with E-state index in [1.54, 1.807) is 12.1 Å². The van der Waals surface area contributed by atoms with E-state index in [0.29, 0.717) is 25.5 Å². The zero-order valence-corrected chi connectivity index (χ0v) is 13.7. The van der Waals surface area contributed by atoms with Crippen molar-refractivity contribution in [2.45, 2.75) is 30.3 Å². The molecule has 0 saturated carbocycles. The molecular formula is C16H21NO5S. The second-order valence-corrected chi connectivity index (χ2v) is 8.06. The molecule has 2 aliphatic rings. The van der Waals surface area contributed by atoms with E-state index in [1.807, 2.05) is 0 Å². The van der Waals surface area contributed by atoms with Gasteiger partial charge in [-0.25, -0.2) is 8.42 Å². The number of nitrogens with one attached hydrogen (secondary N) is 1. The number of rotatable bonds is 5. The fourth-order valence-corrected chi connectivity index (χ4v) is 4.50. The van der Waals surface area contributed by atoms with Crippen molar-refractivity contribution in [2.24, 2.45) is 5.92 Å². The summed E-state index contributed by atoms with van der Waals surface area (Å²) in [5.74, 6) is -0.00524. The van der Waals surface area contributed by atoms with Crippen LogP contribution in [0.15, 0.2) is 29.2 Å². The summed E-state index contributed by atoms with van der Waals surface area (Å²) in [6, 6.07) is 6.31. The van der Waals surface area contributed by atoms with Crippen LogP contribution in [0.2, 0.25) is 0 Å². The molecule has 0 aliphatic carbocycles. The van der Waals surface area contributed by atoms with Crippen LogP contribution in [0.3, 0.4) is 0 Å². The average Bonchev–Trinajstić information content (AvgIpc) is 3.20. The van der Waals surface area contributed by atoms with E-state index in [9.17, 15) is 13.2 Å². The minimum Gasteiger partial charge on any atom is -0.381 e. The topological polar surface area (TPSA) is 81.7 Å². The van der Waals surface area contributed by atoms with Crippen LogP contribution in [0.5, 0.6) is 0 Å². The zero-order valence-electron chi connectivity index (χ0n) is 12.9. The van der Waals surface area contributed by atoms with Crippen molar-refractivity contribution in [3.05, 3.63) is 24.3 Å². The first-order chi connectivity index (χ1) is 11.0. The van der Waals surface area contributed by atoms with Crippen molar-refractivity contribution in [3.8, 4) is 0 Å². The van der Waals surface area contributed by atoms with Gasteiger partial charge in [0, 0.05) is 18.9 Å². The largest absolute Gasteiger partial charge is 0.381 e. The fourth-order valence-electron chi connectivity index (χ4n) is 2.87. The molecule has 0 radical (unpaired) electrons. The number of hydrogen-bond donors (Lipinski definition) is 1. The Kier molecular flexibility index (Phi) is 4.99. The lowest BCUT2D eigenvalue weighted by molar-refractivity contribution is -0.124. The van der Waals surface area contributed by atoms with Gasteiger partial charge in [0.25, 0.3) is 5.91 Å². The molecule has 7 heteroatoms. The molecule has 2 saturated heterocycles. The van der Waals surface area contributed by atoms with Gasteiger partial charge in [0.15, 0.2) is 9.84 Å². The standard InChI is InChI=1S/C16H21NO5S/c18-16(15-2-1-8-22-15)17-13-3-5-14(6-4-13)23(19,20)11-12-7-9-21-10-12/h3-6,12,15H,1-2,7-11H2,(H,17,18)/t12-,15-/m1/s1. The van der Waals surface area contributed by atoms with Crippen molar-refractivity contribution < 1.29 is 22.7 Å². The minimum atomic E-state index is -3.32. The monoisotopic (exact) mass is 339 g/mol. The van der Waals surface area contributed by atoms with Gasteiger partial charge in [-0.05, 0) is 49.4 Å². The Balaban J connectivity index is 1.62. The molecule has 1 amide bonds. The maximum atomic E-state index is 12.4. The molecule has 1 aromatic rings. The molecule has 0 aromatic heterocycles. The molecule has 0 unspecified atom stereocenters. The van der Waals surface area contributed by atoms with Gasteiger partial charge in [-0.1, -0.05) is 0 Å². The maximum Gasteiger partial charge on any atom is 0.253 e. The number of sulfone groups is 1.